The first-order valence-corrected chi connectivity index (χ1v) is 7.52. The van der Waals surface area contributed by atoms with Crippen LogP contribution in [0.25, 0.3) is 0 Å². The fourth-order valence-electron chi connectivity index (χ4n) is 2.54. The average molecular weight is 278 g/mol. The Kier molecular flexibility index (Phi) is 5.53. The highest BCUT2D eigenvalue weighted by Crippen LogP contribution is 2.28. The Morgan fingerprint density at radius 1 is 1.45 bits per heavy atom. The predicted molar refractivity (Wildman–Crippen MR) is 83.5 cm³/mol. The molecule has 0 saturated carbocycles. The lowest BCUT2D eigenvalue weighted by molar-refractivity contribution is 0.0576. The predicted octanol–water partition coefficient (Wildman–Crippen LogP) is 2.92. The molecule has 1 atom stereocenters. The lowest BCUT2D eigenvalue weighted by Gasteiger charge is -2.28. The highest BCUT2D eigenvalue weighted by molar-refractivity contribution is 5.62. The first kappa shape index (κ1) is 15.0. The lowest BCUT2D eigenvalue weighted by Crippen LogP contribution is -2.30. The Labute approximate surface area is 121 Å². The maximum Gasteiger partial charge on any atom is 0.144 e. The van der Waals surface area contributed by atoms with E-state index in [4.69, 9.17) is 15.2 Å². The van der Waals surface area contributed by atoms with Gasteiger partial charge in [-0.25, -0.2) is 0 Å². The van der Waals surface area contributed by atoms with Crippen LogP contribution in [0.1, 0.15) is 26.2 Å². The molecule has 0 bridgehead atoms. The molecular formula is C16H26N2O2. The summed E-state index contributed by atoms with van der Waals surface area (Å²) in [4.78, 5) is 2.26. The molecule has 1 fully saturated rings. The smallest absolute Gasteiger partial charge is 0.144 e. The van der Waals surface area contributed by atoms with Crippen LogP contribution in [0.5, 0.6) is 5.75 Å². The molecule has 1 aliphatic heterocycles. The maximum atomic E-state index is 5.95. The third-order valence-corrected chi connectivity index (χ3v) is 3.69. The summed E-state index contributed by atoms with van der Waals surface area (Å²) < 4.78 is 11.2. The number of benzene rings is 1. The molecule has 1 aromatic carbocycles. The number of nitrogen functional groups attached to an aromatic ring is 1. The molecule has 20 heavy (non-hydrogen) atoms. The van der Waals surface area contributed by atoms with Crippen LogP contribution in [0.3, 0.4) is 0 Å². The highest BCUT2D eigenvalue weighted by Gasteiger charge is 2.16. The number of nitrogens with two attached hydrogens (primary N) is 1. The quantitative estimate of drug-likeness (QED) is 0.813. The summed E-state index contributed by atoms with van der Waals surface area (Å²) in [6.07, 6.45) is 3.41. The van der Waals surface area contributed by atoms with Gasteiger partial charge in [-0.1, -0.05) is 6.92 Å². The number of hydrogen-bond donors (Lipinski definition) is 1. The minimum absolute atomic E-state index is 0.617. The van der Waals surface area contributed by atoms with Crippen molar-refractivity contribution in [1.29, 1.82) is 0 Å². The largest absolute Gasteiger partial charge is 0.491 e. The SMILES string of the molecule is CCCOc1cc(N(C)CC2CCCOC2)ccc1N. The normalized spacial score (nSPS) is 18.8. The van der Waals surface area contributed by atoms with E-state index in [1.165, 1.54) is 12.8 Å². The molecule has 0 aromatic heterocycles. The van der Waals surface area contributed by atoms with Crippen LogP contribution in [0.4, 0.5) is 11.4 Å². The topological polar surface area (TPSA) is 47.7 Å². The van der Waals surface area contributed by atoms with E-state index in [0.717, 1.165) is 37.6 Å². The van der Waals surface area contributed by atoms with Crippen molar-refractivity contribution < 1.29 is 9.47 Å². The van der Waals surface area contributed by atoms with Crippen molar-refractivity contribution in [3.8, 4) is 5.75 Å². The van der Waals surface area contributed by atoms with Crippen molar-refractivity contribution >= 4 is 11.4 Å². The average Bonchev–Trinajstić information content (AvgIpc) is 2.47. The monoisotopic (exact) mass is 278 g/mol. The number of rotatable bonds is 6. The second-order valence-corrected chi connectivity index (χ2v) is 5.53. The second kappa shape index (κ2) is 7.39. The van der Waals surface area contributed by atoms with Crippen molar-refractivity contribution in [1.82, 2.24) is 0 Å². The fourth-order valence-corrected chi connectivity index (χ4v) is 2.54. The standard InChI is InChI=1S/C16H26N2O2/c1-3-8-20-16-10-14(6-7-15(16)17)18(2)11-13-5-4-9-19-12-13/h6-7,10,13H,3-5,8-9,11-12,17H2,1-2H3. The third kappa shape index (κ3) is 4.04. The summed E-state index contributed by atoms with van der Waals surface area (Å²) >= 11 is 0. The minimum Gasteiger partial charge on any atom is -0.491 e. The Hall–Kier alpha value is -1.42. The van der Waals surface area contributed by atoms with Gasteiger partial charge in [-0.2, -0.15) is 0 Å². The van der Waals surface area contributed by atoms with Crippen LogP contribution in [0, 0.1) is 5.92 Å². The van der Waals surface area contributed by atoms with Crippen LogP contribution in [0.15, 0.2) is 18.2 Å². The summed E-state index contributed by atoms with van der Waals surface area (Å²) in [6.45, 7) is 5.59. The Bertz CT molecular complexity index is 417. The van der Waals surface area contributed by atoms with Crippen LogP contribution >= 0.6 is 0 Å². The zero-order valence-electron chi connectivity index (χ0n) is 12.6. The second-order valence-electron chi connectivity index (χ2n) is 5.53. The Morgan fingerprint density at radius 2 is 2.30 bits per heavy atom. The zero-order chi connectivity index (χ0) is 14.4. The van der Waals surface area contributed by atoms with Crippen molar-refractivity contribution in [2.75, 3.05) is 44.0 Å². The van der Waals surface area contributed by atoms with Gasteiger partial charge in [0.1, 0.15) is 5.75 Å². The van der Waals surface area contributed by atoms with E-state index in [0.29, 0.717) is 18.2 Å². The van der Waals surface area contributed by atoms with Gasteiger partial charge < -0.3 is 20.1 Å². The number of nitrogens with zero attached hydrogens (tertiary/aromatic N) is 1. The van der Waals surface area contributed by atoms with Crippen LogP contribution in [-0.2, 0) is 4.74 Å². The van der Waals surface area contributed by atoms with E-state index >= 15 is 0 Å². The number of hydrogen-bond acceptors (Lipinski definition) is 4. The molecule has 1 saturated heterocycles. The molecule has 0 aliphatic carbocycles. The molecule has 4 heteroatoms. The van der Waals surface area contributed by atoms with E-state index in [-0.39, 0.29) is 0 Å². The van der Waals surface area contributed by atoms with Gasteiger partial charge in [0.2, 0.25) is 0 Å². The fraction of sp³-hybridized carbons (Fsp3) is 0.625. The molecule has 0 radical (unpaired) electrons. The molecule has 1 unspecified atom stereocenters. The minimum atomic E-state index is 0.617. The molecule has 112 valence electrons. The molecule has 1 aromatic rings. The van der Waals surface area contributed by atoms with Gasteiger partial charge in [0, 0.05) is 32.0 Å². The summed E-state index contributed by atoms with van der Waals surface area (Å²) in [5.41, 5.74) is 7.81. The van der Waals surface area contributed by atoms with Crippen LogP contribution < -0.4 is 15.4 Å². The van der Waals surface area contributed by atoms with Gasteiger partial charge >= 0.3 is 0 Å². The van der Waals surface area contributed by atoms with Gasteiger partial charge in [-0.05, 0) is 37.3 Å². The van der Waals surface area contributed by atoms with Crippen molar-refractivity contribution in [3.05, 3.63) is 18.2 Å². The molecule has 1 aliphatic rings. The number of anilines is 2. The number of ether oxygens (including phenoxy) is 2. The molecule has 1 heterocycles. The van der Waals surface area contributed by atoms with Gasteiger partial charge in [-0.3, -0.25) is 0 Å². The Morgan fingerprint density at radius 3 is 3.00 bits per heavy atom. The highest BCUT2D eigenvalue weighted by atomic mass is 16.5. The lowest BCUT2D eigenvalue weighted by atomic mass is 10.0. The molecule has 2 N–H and O–H groups in total. The molecular weight excluding hydrogens is 252 g/mol. The van der Waals surface area contributed by atoms with Gasteiger partial charge in [0.25, 0.3) is 0 Å². The molecule has 2 rings (SSSR count). The first-order chi connectivity index (χ1) is 9.70. The third-order valence-electron chi connectivity index (χ3n) is 3.69. The zero-order valence-corrected chi connectivity index (χ0v) is 12.6. The summed E-state index contributed by atoms with van der Waals surface area (Å²) in [6, 6.07) is 6.01. The Balaban J connectivity index is 1.99. The van der Waals surface area contributed by atoms with E-state index < -0.39 is 0 Å². The molecule has 0 amide bonds. The van der Waals surface area contributed by atoms with E-state index in [1.54, 1.807) is 0 Å². The maximum absolute atomic E-state index is 5.95. The molecule has 4 nitrogen and oxygen atoms in total. The van der Waals surface area contributed by atoms with E-state index in [2.05, 4.69) is 24.9 Å². The van der Waals surface area contributed by atoms with Gasteiger partial charge in [0.15, 0.2) is 0 Å². The van der Waals surface area contributed by atoms with Crippen LogP contribution in [-0.4, -0.2) is 33.4 Å². The molecule has 0 spiro atoms. The van der Waals surface area contributed by atoms with E-state index in [9.17, 15) is 0 Å². The van der Waals surface area contributed by atoms with Crippen molar-refractivity contribution in [2.24, 2.45) is 5.92 Å². The van der Waals surface area contributed by atoms with Gasteiger partial charge in [0.05, 0.1) is 18.9 Å². The van der Waals surface area contributed by atoms with Gasteiger partial charge in [-0.15, -0.1) is 0 Å². The van der Waals surface area contributed by atoms with Crippen molar-refractivity contribution in [2.45, 2.75) is 26.2 Å². The van der Waals surface area contributed by atoms with E-state index in [1.807, 2.05) is 12.1 Å². The first-order valence-electron chi connectivity index (χ1n) is 7.52. The van der Waals surface area contributed by atoms with Crippen molar-refractivity contribution in [3.63, 3.8) is 0 Å². The summed E-state index contributed by atoms with van der Waals surface area (Å²) in [5.74, 6) is 1.41. The summed E-state index contributed by atoms with van der Waals surface area (Å²) in [5, 5.41) is 0. The van der Waals surface area contributed by atoms with Crippen LogP contribution in [0.2, 0.25) is 0 Å². The summed E-state index contributed by atoms with van der Waals surface area (Å²) in [7, 11) is 2.11.